The van der Waals surface area contributed by atoms with Crippen molar-refractivity contribution in [2.24, 2.45) is 11.5 Å². The average Bonchev–Trinajstić information content (AvgIpc) is 3.15. The fraction of sp³-hybridized carbons (Fsp3) is 0.417. The van der Waals surface area contributed by atoms with Crippen molar-refractivity contribution in [1.29, 1.82) is 0 Å². The van der Waals surface area contributed by atoms with Gasteiger partial charge in [0.15, 0.2) is 0 Å². The molecule has 1 aliphatic rings. The minimum atomic E-state index is -4.75. The maximum atomic E-state index is 12.7. The van der Waals surface area contributed by atoms with Crippen LogP contribution in [-0.2, 0) is 24.4 Å². The Morgan fingerprint density at radius 1 is 1.00 bits per heavy atom. The van der Waals surface area contributed by atoms with E-state index < -0.39 is 6.36 Å². The number of nitrogens with zero attached hydrogens (tertiary/aromatic N) is 2. The van der Waals surface area contributed by atoms with Gasteiger partial charge in [-0.3, -0.25) is 4.90 Å². The van der Waals surface area contributed by atoms with Gasteiger partial charge in [0.25, 0.3) is 0 Å². The van der Waals surface area contributed by atoms with Crippen LogP contribution in [0.15, 0.2) is 42.6 Å². The van der Waals surface area contributed by atoms with E-state index in [0.717, 1.165) is 67.8 Å². The van der Waals surface area contributed by atoms with Gasteiger partial charge in [0.1, 0.15) is 5.75 Å². The van der Waals surface area contributed by atoms with Crippen molar-refractivity contribution < 1.29 is 22.6 Å². The normalized spacial score (nSPS) is 15.3. The van der Waals surface area contributed by atoms with Crippen molar-refractivity contribution in [3.05, 3.63) is 53.7 Å². The summed E-state index contributed by atoms with van der Waals surface area (Å²) in [5.74, 6) is -0.272. The fourth-order valence-corrected chi connectivity index (χ4v) is 4.32. The van der Waals surface area contributed by atoms with Crippen LogP contribution < -0.4 is 16.2 Å². The molecule has 4 N–H and O–H groups in total. The third-order valence-electron chi connectivity index (χ3n) is 5.88. The number of benzene rings is 2. The molecule has 1 saturated heterocycles. The summed E-state index contributed by atoms with van der Waals surface area (Å²) in [7, 11) is 0. The summed E-state index contributed by atoms with van der Waals surface area (Å²) in [5.41, 5.74) is 16.2. The van der Waals surface area contributed by atoms with Crippen molar-refractivity contribution in [3.63, 3.8) is 0 Å². The second-order valence-corrected chi connectivity index (χ2v) is 8.19. The number of halogens is 3. The van der Waals surface area contributed by atoms with Crippen molar-refractivity contribution in [3.8, 4) is 16.9 Å². The van der Waals surface area contributed by atoms with E-state index in [9.17, 15) is 13.2 Å². The van der Waals surface area contributed by atoms with E-state index in [2.05, 4.69) is 32.4 Å². The van der Waals surface area contributed by atoms with E-state index in [4.69, 9.17) is 16.2 Å². The summed E-state index contributed by atoms with van der Waals surface area (Å²) >= 11 is 0. The molecule has 2 aromatic carbocycles. The van der Waals surface area contributed by atoms with Gasteiger partial charge in [0.2, 0.25) is 0 Å². The number of hydrogen-bond donors (Lipinski definition) is 2. The second kappa shape index (κ2) is 10.1. The molecule has 1 aromatic heterocycles. The topological polar surface area (TPSA) is 78.7 Å². The molecule has 1 fully saturated rings. The van der Waals surface area contributed by atoms with Crippen LogP contribution >= 0.6 is 0 Å². The molecule has 6 nitrogen and oxygen atoms in total. The summed E-state index contributed by atoms with van der Waals surface area (Å²) in [6.45, 7) is 5.47. The Hall–Kier alpha value is -2.59. The van der Waals surface area contributed by atoms with Crippen LogP contribution in [0.3, 0.4) is 0 Å². The Morgan fingerprint density at radius 3 is 2.48 bits per heavy atom. The van der Waals surface area contributed by atoms with Gasteiger partial charge in [0, 0.05) is 55.4 Å². The lowest BCUT2D eigenvalue weighted by molar-refractivity contribution is -0.274. The zero-order chi connectivity index (χ0) is 23.4. The number of alkyl halides is 3. The summed E-state index contributed by atoms with van der Waals surface area (Å²) in [6.07, 6.45) is -1.89. The van der Waals surface area contributed by atoms with Gasteiger partial charge >= 0.3 is 6.36 Å². The quantitative estimate of drug-likeness (QED) is 0.532. The van der Waals surface area contributed by atoms with Gasteiger partial charge in [-0.05, 0) is 53.9 Å². The molecular formula is C24H29F3N4O2. The molecular weight excluding hydrogens is 433 g/mol. The molecule has 0 amide bonds. The largest absolute Gasteiger partial charge is 0.573 e. The fourth-order valence-electron chi connectivity index (χ4n) is 4.32. The van der Waals surface area contributed by atoms with Crippen molar-refractivity contribution in [2.75, 3.05) is 32.8 Å². The zero-order valence-corrected chi connectivity index (χ0v) is 18.4. The first kappa shape index (κ1) is 23.6. The number of rotatable bonds is 8. The number of morpholine rings is 1. The Kier molecular flexibility index (Phi) is 7.23. The zero-order valence-electron chi connectivity index (χ0n) is 18.4. The molecule has 0 unspecified atom stereocenters. The van der Waals surface area contributed by atoms with Gasteiger partial charge in [-0.25, -0.2) is 0 Å². The van der Waals surface area contributed by atoms with E-state index in [1.807, 2.05) is 6.20 Å². The lowest BCUT2D eigenvalue weighted by Gasteiger charge is -2.26. The molecule has 0 atom stereocenters. The van der Waals surface area contributed by atoms with Gasteiger partial charge in [-0.1, -0.05) is 12.1 Å². The smallest absolute Gasteiger partial charge is 0.406 e. The van der Waals surface area contributed by atoms with Crippen LogP contribution in [-0.4, -0.2) is 48.7 Å². The Morgan fingerprint density at radius 2 is 1.79 bits per heavy atom. The van der Waals surface area contributed by atoms with Crippen molar-refractivity contribution in [1.82, 2.24) is 9.47 Å². The molecule has 9 heteroatoms. The molecule has 178 valence electrons. The van der Waals surface area contributed by atoms with E-state index in [1.165, 1.54) is 17.7 Å². The second-order valence-electron chi connectivity index (χ2n) is 8.19. The minimum absolute atomic E-state index is 0.0906. The number of nitrogens with two attached hydrogens (primary N) is 2. The highest BCUT2D eigenvalue weighted by Crippen LogP contribution is 2.36. The van der Waals surface area contributed by atoms with Crippen LogP contribution in [0.25, 0.3) is 22.0 Å². The van der Waals surface area contributed by atoms with Crippen LogP contribution in [0.1, 0.15) is 17.5 Å². The Balaban J connectivity index is 1.75. The number of aryl methyl sites for hydroxylation is 1. The van der Waals surface area contributed by atoms with E-state index in [1.54, 1.807) is 6.07 Å². The predicted molar refractivity (Wildman–Crippen MR) is 122 cm³/mol. The Labute approximate surface area is 190 Å². The van der Waals surface area contributed by atoms with Gasteiger partial charge in [0.05, 0.1) is 13.2 Å². The third-order valence-corrected chi connectivity index (χ3v) is 5.88. The monoisotopic (exact) mass is 462 g/mol. The molecule has 0 bridgehead atoms. The average molecular weight is 463 g/mol. The van der Waals surface area contributed by atoms with Gasteiger partial charge in [-0.2, -0.15) is 0 Å². The maximum absolute atomic E-state index is 12.7. The van der Waals surface area contributed by atoms with E-state index >= 15 is 0 Å². The summed E-state index contributed by atoms with van der Waals surface area (Å²) in [6, 6.07) is 10.8. The number of fused-ring (bicyclic) bond motifs is 1. The highest BCUT2D eigenvalue weighted by molar-refractivity contribution is 5.97. The molecule has 0 spiro atoms. The molecule has 3 aromatic rings. The third kappa shape index (κ3) is 5.67. The molecule has 0 aliphatic carbocycles. The van der Waals surface area contributed by atoms with Gasteiger partial charge in [-0.15, -0.1) is 13.2 Å². The van der Waals surface area contributed by atoms with Crippen LogP contribution in [0, 0.1) is 0 Å². The first-order valence-electron chi connectivity index (χ1n) is 11.1. The lowest BCUT2D eigenvalue weighted by atomic mass is 9.98. The van der Waals surface area contributed by atoms with Crippen LogP contribution in [0.5, 0.6) is 5.75 Å². The molecule has 4 rings (SSSR count). The summed E-state index contributed by atoms with van der Waals surface area (Å²) < 4.78 is 49.8. The minimum Gasteiger partial charge on any atom is -0.406 e. The summed E-state index contributed by atoms with van der Waals surface area (Å²) in [5, 5.41) is 1.04. The Bertz CT molecular complexity index is 1090. The van der Waals surface area contributed by atoms with Crippen LogP contribution in [0.4, 0.5) is 13.2 Å². The highest BCUT2D eigenvalue weighted by Gasteiger charge is 2.31. The lowest BCUT2D eigenvalue weighted by Crippen LogP contribution is -2.35. The molecule has 33 heavy (non-hydrogen) atoms. The standard InChI is InChI=1S/C24H29F3N4O2/c25-24(26,27)33-19-3-4-20(18(13-19)14-29)22-16-31(7-1-6-28)23-5-2-17(12-21(22)23)15-30-8-10-32-11-9-30/h2-5,12-13,16H,1,6-11,14-15,28-29H2. The number of hydrogen-bond acceptors (Lipinski definition) is 5. The van der Waals surface area contributed by atoms with Crippen molar-refractivity contribution >= 4 is 10.9 Å². The number of ether oxygens (including phenoxy) is 2. The van der Waals surface area contributed by atoms with Gasteiger partial charge < -0.3 is 25.5 Å². The van der Waals surface area contributed by atoms with Crippen molar-refractivity contribution in [2.45, 2.75) is 32.4 Å². The maximum Gasteiger partial charge on any atom is 0.573 e. The van der Waals surface area contributed by atoms with Crippen LogP contribution in [0.2, 0.25) is 0 Å². The molecule has 0 radical (unpaired) electrons. The van der Waals surface area contributed by atoms with E-state index in [-0.39, 0.29) is 12.3 Å². The first-order valence-corrected chi connectivity index (χ1v) is 11.1. The van der Waals surface area contributed by atoms with E-state index in [0.29, 0.717) is 12.1 Å². The molecule has 1 aliphatic heterocycles. The number of aromatic nitrogens is 1. The SMILES string of the molecule is NCCCn1cc(-c2ccc(OC(F)(F)F)cc2CN)c2cc(CN3CCOCC3)ccc21. The summed E-state index contributed by atoms with van der Waals surface area (Å²) in [4.78, 5) is 2.35. The highest BCUT2D eigenvalue weighted by atomic mass is 19.4. The molecule has 0 saturated carbocycles. The first-order chi connectivity index (χ1) is 15.9. The predicted octanol–water partition coefficient (Wildman–Crippen LogP) is 3.85. The molecule has 2 heterocycles.